The Kier molecular flexibility index (Phi) is 12.1. The fourth-order valence-corrected chi connectivity index (χ4v) is 3.27. The lowest BCUT2D eigenvalue weighted by Crippen LogP contribution is -2.37. The van der Waals surface area contributed by atoms with Crippen LogP contribution in [0.3, 0.4) is 0 Å². The number of rotatable bonds is 7. The number of nitrogens with one attached hydrogen (secondary N) is 1. The van der Waals surface area contributed by atoms with Gasteiger partial charge in [-0.05, 0) is 43.5 Å². The van der Waals surface area contributed by atoms with Crippen molar-refractivity contribution >= 4 is 30.7 Å². The van der Waals surface area contributed by atoms with Crippen LogP contribution in [-0.2, 0) is 17.9 Å². The van der Waals surface area contributed by atoms with Crippen molar-refractivity contribution in [1.82, 2.24) is 10.2 Å². The van der Waals surface area contributed by atoms with Crippen LogP contribution in [-0.4, -0.2) is 29.9 Å². The topological polar surface area (TPSA) is 58.4 Å². The summed E-state index contributed by atoms with van der Waals surface area (Å²) in [7, 11) is 0. The predicted molar refractivity (Wildman–Crippen MR) is 109 cm³/mol. The molecule has 0 aliphatic heterocycles. The Hall–Kier alpha value is -0.810. The van der Waals surface area contributed by atoms with Crippen LogP contribution < -0.4 is 11.1 Å². The maximum absolute atomic E-state index is 12.2. The van der Waals surface area contributed by atoms with Crippen molar-refractivity contribution in [3.05, 3.63) is 35.4 Å². The van der Waals surface area contributed by atoms with Crippen LogP contribution in [0.5, 0.6) is 0 Å². The molecular weight excluding hydrogens is 357 g/mol. The zero-order chi connectivity index (χ0) is 16.7. The summed E-state index contributed by atoms with van der Waals surface area (Å²) in [6, 6.07) is 8.75. The van der Waals surface area contributed by atoms with Gasteiger partial charge in [0.15, 0.2) is 0 Å². The molecule has 1 aromatic rings. The number of nitrogens with two attached hydrogens (primary N) is 1. The Bertz CT molecular complexity index is 492. The fraction of sp³-hybridized carbons (Fsp3) is 0.632. The summed E-state index contributed by atoms with van der Waals surface area (Å²) >= 11 is 0. The Morgan fingerprint density at radius 1 is 1.12 bits per heavy atom. The molecule has 144 valence electrons. The maximum atomic E-state index is 12.2. The molecule has 2 rings (SSSR count). The van der Waals surface area contributed by atoms with Gasteiger partial charge in [0.05, 0.1) is 0 Å². The Balaban J connectivity index is 0.00000288. The van der Waals surface area contributed by atoms with E-state index >= 15 is 0 Å². The molecule has 0 saturated heterocycles. The number of hydrogen-bond donors (Lipinski definition) is 2. The van der Waals surface area contributed by atoms with Gasteiger partial charge in [-0.2, -0.15) is 0 Å². The van der Waals surface area contributed by atoms with Crippen molar-refractivity contribution in [1.29, 1.82) is 0 Å². The average Bonchev–Trinajstić information content (AvgIpc) is 2.58. The second-order valence-electron chi connectivity index (χ2n) is 6.62. The van der Waals surface area contributed by atoms with E-state index in [-0.39, 0.29) is 42.7 Å². The number of benzene rings is 1. The zero-order valence-electron chi connectivity index (χ0n) is 15.4. The highest BCUT2D eigenvalue weighted by atomic mass is 35.5. The summed E-state index contributed by atoms with van der Waals surface area (Å²) in [5.41, 5.74) is 8.44. The lowest BCUT2D eigenvalue weighted by Gasteiger charge is -2.25. The van der Waals surface area contributed by atoms with Crippen LogP contribution in [0.1, 0.15) is 50.7 Å². The van der Waals surface area contributed by atoms with Crippen LogP contribution in [0.2, 0.25) is 0 Å². The maximum Gasteiger partial charge on any atom is 0.223 e. The first-order valence-corrected chi connectivity index (χ1v) is 8.95. The van der Waals surface area contributed by atoms with Gasteiger partial charge in [0.2, 0.25) is 5.91 Å². The number of halogens is 2. The minimum Gasteiger partial charge on any atom is -0.352 e. The van der Waals surface area contributed by atoms with Gasteiger partial charge in [0, 0.05) is 25.0 Å². The van der Waals surface area contributed by atoms with Gasteiger partial charge in [0.1, 0.15) is 0 Å². The van der Waals surface area contributed by atoms with Crippen LogP contribution in [0.4, 0.5) is 0 Å². The van der Waals surface area contributed by atoms with Crippen molar-refractivity contribution in [2.75, 3.05) is 13.1 Å². The van der Waals surface area contributed by atoms with Crippen molar-refractivity contribution in [2.24, 2.45) is 11.7 Å². The van der Waals surface area contributed by atoms with E-state index in [1.807, 2.05) is 0 Å². The molecule has 0 bridgehead atoms. The van der Waals surface area contributed by atoms with E-state index in [1.165, 1.54) is 5.56 Å². The van der Waals surface area contributed by atoms with E-state index < -0.39 is 0 Å². The molecule has 25 heavy (non-hydrogen) atoms. The molecular formula is C19H33Cl2N3O. The predicted octanol–water partition coefficient (Wildman–Crippen LogP) is 3.51. The zero-order valence-corrected chi connectivity index (χ0v) is 17.0. The highest BCUT2D eigenvalue weighted by Crippen LogP contribution is 2.23. The summed E-state index contributed by atoms with van der Waals surface area (Å²) in [4.78, 5) is 14.6. The molecule has 6 heteroatoms. The van der Waals surface area contributed by atoms with E-state index in [0.717, 1.165) is 50.9 Å². The number of carbonyl (C=O) groups is 1. The second kappa shape index (κ2) is 12.5. The number of nitrogens with zero attached hydrogens (tertiary/aromatic N) is 1. The van der Waals surface area contributed by atoms with Crippen molar-refractivity contribution in [3.8, 4) is 0 Å². The standard InChI is InChI=1S/C19H31N3O.2ClH/c1-3-22(4-2)14-16-10-8-15(9-11-16)13-21-19(23)17-6-5-7-18(20)12-17;;/h8-11,17-18H,3-7,12-14,20H2,1-2H3,(H,21,23);2*1H. The van der Waals surface area contributed by atoms with E-state index in [1.54, 1.807) is 0 Å². The SMILES string of the molecule is CCN(CC)Cc1ccc(CNC(=O)C2CCCC(N)C2)cc1.Cl.Cl. The minimum absolute atomic E-state index is 0. The van der Waals surface area contributed by atoms with Crippen LogP contribution >= 0.6 is 24.8 Å². The van der Waals surface area contributed by atoms with Gasteiger partial charge in [-0.15, -0.1) is 24.8 Å². The third kappa shape index (κ3) is 7.95. The van der Waals surface area contributed by atoms with Gasteiger partial charge < -0.3 is 11.1 Å². The smallest absolute Gasteiger partial charge is 0.223 e. The molecule has 1 aromatic carbocycles. The molecule has 1 saturated carbocycles. The van der Waals surface area contributed by atoms with Crippen LogP contribution in [0.25, 0.3) is 0 Å². The monoisotopic (exact) mass is 389 g/mol. The molecule has 2 unspecified atom stereocenters. The first kappa shape index (κ1) is 24.2. The van der Waals surface area contributed by atoms with Gasteiger partial charge in [0.25, 0.3) is 0 Å². The Morgan fingerprint density at radius 3 is 2.28 bits per heavy atom. The first-order valence-electron chi connectivity index (χ1n) is 8.95. The molecule has 1 fully saturated rings. The van der Waals surface area contributed by atoms with Crippen molar-refractivity contribution in [3.63, 3.8) is 0 Å². The number of carbonyl (C=O) groups excluding carboxylic acids is 1. The Labute approximate surface area is 164 Å². The highest BCUT2D eigenvalue weighted by molar-refractivity contribution is 5.85. The van der Waals surface area contributed by atoms with Gasteiger partial charge in [-0.1, -0.05) is 44.5 Å². The van der Waals surface area contributed by atoms with E-state index in [0.29, 0.717) is 6.54 Å². The Morgan fingerprint density at radius 2 is 1.72 bits per heavy atom. The molecule has 0 radical (unpaired) electrons. The lowest BCUT2D eigenvalue weighted by molar-refractivity contribution is -0.126. The van der Waals surface area contributed by atoms with E-state index in [9.17, 15) is 4.79 Å². The third-order valence-corrected chi connectivity index (χ3v) is 4.88. The molecule has 1 aliphatic rings. The summed E-state index contributed by atoms with van der Waals surface area (Å²) < 4.78 is 0. The summed E-state index contributed by atoms with van der Waals surface area (Å²) in [5, 5.41) is 3.07. The summed E-state index contributed by atoms with van der Waals surface area (Å²) in [5.74, 6) is 0.257. The lowest BCUT2D eigenvalue weighted by atomic mass is 9.85. The molecule has 0 heterocycles. The molecule has 4 nitrogen and oxygen atoms in total. The molecule has 0 spiro atoms. The molecule has 2 atom stereocenters. The van der Waals surface area contributed by atoms with Gasteiger partial charge in [-0.25, -0.2) is 0 Å². The van der Waals surface area contributed by atoms with Crippen LogP contribution in [0.15, 0.2) is 24.3 Å². The van der Waals surface area contributed by atoms with E-state index in [2.05, 4.69) is 48.3 Å². The highest BCUT2D eigenvalue weighted by Gasteiger charge is 2.24. The molecule has 1 aliphatic carbocycles. The fourth-order valence-electron chi connectivity index (χ4n) is 3.27. The first-order chi connectivity index (χ1) is 11.1. The number of amides is 1. The molecule has 1 amide bonds. The van der Waals surface area contributed by atoms with Gasteiger partial charge in [-0.3, -0.25) is 9.69 Å². The minimum atomic E-state index is 0. The normalized spacial score (nSPS) is 19.7. The van der Waals surface area contributed by atoms with Crippen LogP contribution in [0, 0.1) is 5.92 Å². The van der Waals surface area contributed by atoms with Gasteiger partial charge >= 0.3 is 0 Å². The average molecular weight is 390 g/mol. The summed E-state index contributed by atoms with van der Waals surface area (Å²) in [6.07, 6.45) is 3.92. The second-order valence-corrected chi connectivity index (χ2v) is 6.62. The molecule has 3 N–H and O–H groups in total. The quantitative estimate of drug-likeness (QED) is 0.749. The number of hydrogen-bond acceptors (Lipinski definition) is 3. The van der Waals surface area contributed by atoms with Crippen molar-refractivity contribution in [2.45, 2.75) is 58.7 Å². The third-order valence-electron chi connectivity index (χ3n) is 4.88. The largest absolute Gasteiger partial charge is 0.352 e. The van der Waals surface area contributed by atoms with E-state index in [4.69, 9.17) is 5.73 Å². The summed E-state index contributed by atoms with van der Waals surface area (Å²) in [6.45, 7) is 8.10. The molecule has 0 aromatic heterocycles. The van der Waals surface area contributed by atoms with Crippen molar-refractivity contribution < 1.29 is 4.79 Å².